The number of rotatable bonds is 2. The predicted molar refractivity (Wildman–Crippen MR) is 73.5 cm³/mol. The maximum Gasteiger partial charge on any atom is 0.0500 e. The molecule has 0 aliphatic heterocycles. The van der Waals surface area contributed by atoms with Crippen molar-refractivity contribution in [3.8, 4) is 0 Å². The summed E-state index contributed by atoms with van der Waals surface area (Å²) in [5, 5.41) is 0. The molecule has 1 heterocycles. The monoisotopic (exact) mass is 219 g/mol. The van der Waals surface area contributed by atoms with E-state index >= 15 is 0 Å². The average molecular weight is 219 g/mol. The van der Waals surface area contributed by atoms with Gasteiger partial charge in [0.1, 0.15) is 0 Å². The second-order valence-electron chi connectivity index (χ2n) is 2.49. The summed E-state index contributed by atoms with van der Waals surface area (Å²) in [6.45, 7) is 12.7. The lowest BCUT2D eigenvalue weighted by atomic mass is 10.4. The van der Waals surface area contributed by atoms with Gasteiger partial charge in [0.05, 0.1) is 5.69 Å². The Morgan fingerprint density at radius 2 is 2.12 bits per heavy atom. The Kier molecular flexibility index (Phi) is 13.5. The van der Waals surface area contributed by atoms with Gasteiger partial charge in [-0.25, -0.2) is 0 Å². The van der Waals surface area contributed by atoms with Gasteiger partial charge >= 0.3 is 0 Å². The molecule has 0 unspecified atom stereocenters. The molecule has 0 aromatic carbocycles. The molecule has 2 N–H and O–H groups in total. The molecule has 0 radical (unpaired) electrons. The number of allylic oxidation sites excluding steroid dienone is 3. The number of hydrogen-bond acceptors (Lipinski definition) is 3. The fraction of sp³-hybridized carbons (Fsp3) is 0.231. The van der Waals surface area contributed by atoms with Crippen molar-refractivity contribution in [3.63, 3.8) is 0 Å². The van der Waals surface area contributed by atoms with Crippen molar-refractivity contribution in [1.29, 1.82) is 0 Å². The number of nitrogens with two attached hydrogens (primary N) is 1. The van der Waals surface area contributed by atoms with Crippen LogP contribution in [0.3, 0.4) is 0 Å². The summed E-state index contributed by atoms with van der Waals surface area (Å²) < 4.78 is 0. The van der Waals surface area contributed by atoms with Gasteiger partial charge in [-0.05, 0) is 31.9 Å². The average Bonchev–Trinajstić information content (AvgIpc) is 2.34. The zero-order valence-corrected chi connectivity index (χ0v) is 10.4. The zero-order valence-electron chi connectivity index (χ0n) is 10.4. The number of hydrogen-bond donors (Lipinski definition) is 1. The molecule has 0 saturated heterocycles. The Bertz CT molecular complexity index is 302. The second kappa shape index (κ2) is 13.1. The molecular formula is C13H21N3. The van der Waals surface area contributed by atoms with Gasteiger partial charge in [-0.1, -0.05) is 26.5 Å². The lowest BCUT2D eigenvalue weighted by Crippen LogP contribution is -1.82. The maximum atomic E-state index is 5.30. The normalized spacial score (nSPS) is 8.81. The highest BCUT2D eigenvalue weighted by Crippen LogP contribution is 1.92. The first-order valence-electron chi connectivity index (χ1n) is 5.12. The van der Waals surface area contributed by atoms with Crippen molar-refractivity contribution >= 4 is 12.4 Å². The molecule has 0 saturated carbocycles. The lowest BCUT2D eigenvalue weighted by Gasteiger charge is -1.83. The van der Waals surface area contributed by atoms with Crippen LogP contribution in [0, 0.1) is 0 Å². The number of anilines is 1. The van der Waals surface area contributed by atoms with Crippen LogP contribution in [0.25, 0.3) is 0 Å². The molecule has 0 fully saturated rings. The summed E-state index contributed by atoms with van der Waals surface area (Å²) in [5.74, 6) is 0. The van der Waals surface area contributed by atoms with E-state index in [2.05, 4.69) is 23.3 Å². The number of nitrogen functional groups attached to an aromatic ring is 1. The first kappa shape index (κ1) is 16.5. The fourth-order valence-electron chi connectivity index (χ4n) is 0.599. The van der Waals surface area contributed by atoms with Crippen molar-refractivity contribution in [2.75, 3.05) is 5.73 Å². The summed E-state index contributed by atoms with van der Waals surface area (Å²) in [7, 11) is 0. The van der Waals surface area contributed by atoms with E-state index in [4.69, 9.17) is 5.73 Å². The highest BCUT2D eigenvalue weighted by molar-refractivity contribution is 5.32. The van der Waals surface area contributed by atoms with Gasteiger partial charge in [0, 0.05) is 18.1 Å². The van der Waals surface area contributed by atoms with Crippen LogP contribution in [-0.4, -0.2) is 11.7 Å². The van der Waals surface area contributed by atoms with Crippen LogP contribution >= 0.6 is 0 Å². The molecule has 3 nitrogen and oxygen atoms in total. The molecule has 0 aliphatic rings. The van der Waals surface area contributed by atoms with Crippen LogP contribution in [0.1, 0.15) is 20.8 Å². The van der Waals surface area contributed by atoms with E-state index in [1.165, 1.54) is 0 Å². The fourth-order valence-corrected chi connectivity index (χ4v) is 0.599. The second-order valence-corrected chi connectivity index (χ2v) is 2.49. The molecule has 88 valence electrons. The van der Waals surface area contributed by atoms with Crippen molar-refractivity contribution in [3.05, 3.63) is 49.0 Å². The Labute approximate surface area is 98.4 Å². The number of nitrogens with zero attached hydrogens (tertiary/aromatic N) is 2. The maximum absolute atomic E-state index is 5.30. The van der Waals surface area contributed by atoms with Crippen LogP contribution in [0.5, 0.6) is 0 Å². The first-order chi connectivity index (χ1) is 7.70. The van der Waals surface area contributed by atoms with Crippen molar-refractivity contribution in [2.24, 2.45) is 4.99 Å². The summed E-state index contributed by atoms with van der Waals surface area (Å²) in [6, 6.07) is 3.60. The Balaban J connectivity index is 0. The van der Waals surface area contributed by atoms with Gasteiger partial charge in [-0.3, -0.25) is 9.98 Å². The van der Waals surface area contributed by atoms with Crippen LogP contribution in [-0.2, 0) is 0 Å². The topological polar surface area (TPSA) is 51.3 Å². The Morgan fingerprint density at radius 3 is 2.31 bits per heavy atom. The number of aliphatic imine (C=N–C) groups is 1. The highest BCUT2D eigenvalue weighted by Gasteiger charge is 1.73. The zero-order chi connectivity index (χ0) is 12.8. The number of pyridine rings is 1. The smallest absolute Gasteiger partial charge is 0.0500 e. The van der Waals surface area contributed by atoms with E-state index in [1.807, 2.05) is 20.8 Å². The molecule has 16 heavy (non-hydrogen) atoms. The van der Waals surface area contributed by atoms with Crippen LogP contribution in [0.4, 0.5) is 5.69 Å². The van der Waals surface area contributed by atoms with Crippen molar-refractivity contribution in [2.45, 2.75) is 20.8 Å². The summed E-state index contributed by atoms with van der Waals surface area (Å²) >= 11 is 0. The molecule has 0 spiro atoms. The molecule has 0 bridgehead atoms. The molecule has 0 aliphatic carbocycles. The minimum absolute atomic E-state index is 0.711. The first-order valence-corrected chi connectivity index (χ1v) is 5.12. The van der Waals surface area contributed by atoms with Crippen LogP contribution in [0.15, 0.2) is 53.9 Å². The van der Waals surface area contributed by atoms with Gasteiger partial charge in [0.2, 0.25) is 0 Å². The van der Waals surface area contributed by atoms with E-state index < -0.39 is 0 Å². The van der Waals surface area contributed by atoms with E-state index in [0.717, 1.165) is 5.70 Å². The van der Waals surface area contributed by atoms with E-state index in [-0.39, 0.29) is 0 Å². The van der Waals surface area contributed by atoms with Crippen LogP contribution in [0.2, 0.25) is 0 Å². The standard InChI is InChI=1S/C6H9N.C5H6N2.C2H6/c1-4-5-6(2)7-3;6-5-2-1-3-7-4-5;1-2/h4-5H,1,3H2,2H3;1-4H,6H2;1-2H3/b6-5-;;. The lowest BCUT2D eigenvalue weighted by molar-refractivity contribution is 1.33. The molecular weight excluding hydrogens is 198 g/mol. The van der Waals surface area contributed by atoms with E-state index in [0.29, 0.717) is 5.69 Å². The summed E-state index contributed by atoms with van der Waals surface area (Å²) in [5.41, 5.74) is 6.90. The summed E-state index contributed by atoms with van der Waals surface area (Å²) in [6.07, 6.45) is 6.79. The minimum Gasteiger partial charge on any atom is -0.397 e. The van der Waals surface area contributed by atoms with E-state index in [1.54, 1.807) is 36.7 Å². The Morgan fingerprint density at radius 1 is 1.50 bits per heavy atom. The van der Waals surface area contributed by atoms with Gasteiger partial charge in [-0.15, -0.1) is 0 Å². The molecule has 0 amide bonds. The molecule has 3 heteroatoms. The third kappa shape index (κ3) is 12.1. The molecule has 0 atom stereocenters. The largest absolute Gasteiger partial charge is 0.397 e. The molecule has 1 rings (SSSR count). The quantitative estimate of drug-likeness (QED) is 0.611. The third-order valence-electron chi connectivity index (χ3n) is 1.29. The summed E-state index contributed by atoms with van der Waals surface area (Å²) in [4.78, 5) is 7.38. The van der Waals surface area contributed by atoms with Crippen molar-refractivity contribution in [1.82, 2.24) is 4.98 Å². The van der Waals surface area contributed by atoms with Crippen LogP contribution < -0.4 is 5.73 Å². The van der Waals surface area contributed by atoms with Gasteiger partial charge in [0.25, 0.3) is 0 Å². The van der Waals surface area contributed by atoms with Gasteiger partial charge in [0.15, 0.2) is 0 Å². The molecule has 1 aromatic rings. The number of aromatic nitrogens is 1. The molecule has 1 aromatic heterocycles. The van der Waals surface area contributed by atoms with E-state index in [9.17, 15) is 0 Å². The third-order valence-corrected chi connectivity index (χ3v) is 1.29. The van der Waals surface area contributed by atoms with Gasteiger partial charge in [-0.2, -0.15) is 0 Å². The predicted octanol–water partition coefficient (Wildman–Crippen LogP) is 3.47. The minimum atomic E-state index is 0.711. The highest BCUT2D eigenvalue weighted by atomic mass is 14.7. The Hall–Kier alpha value is -1.90. The van der Waals surface area contributed by atoms with Crippen molar-refractivity contribution < 1.29 is 0 Å². The van der Waals surface area contributed by atoms with Gasteiger partial charge < -0.3 is 5.73 Å². The SMILES string of the molecule is C=C/C=C(/C)N=C.CC.Nc1cccnc1.